The highest BCUT2D eigenvalue weighted by molar-refractivity contribution is 6.33. The maximum absolute atomic E-state index is 13.8. The summed E-state index contributed by atoms with van der Waals surface area (Å²) in [6, 6.07) is 4.48. The van der Waals surface area contributed by atoms with Gasteiger partial charge in [-0.25, -0.2) is 4.39 Å². The fraction of sp³-hybridized carbons (Fsp3) is 0.533. The molecule has 1 aromatic carbocycles. The van der Waals surface area contributed by atoms with E-state index in [1.165, 1.54) is 12.1 Å². The highest BCUT2D eigenvalue weighted by Crippen LogP contribution is 2.36. The number of carbonyl (C=O) groups is 1. The van der Waals surface area contributed by atoms with Crippen molar-refractivity contribution < 1.29 is 9.18 Å². The Balaban J connectivity index is 1.82. The van der Waals surface area contributed by atoms with Crippen molar-refractivity contribution in [2.45, 2.75) is 25.3 Å². The Hall–Kier alpha value is -1.13. The average Bonchev–Trinajstić information content (AvgIpc) is 2.84. The van der Waals surface area contributed by atoms with Crippen molar-refractivity contribution in [3.63, 3.8) is 0 Å². The summed E-state index contributed by atoms with van der Waals surface area (Å²) in [5, 5.41) is 0.175. The number of carbonyl (C=O) groups excluding carboxylic acids is 1. The molecule has 1 saturated carbocycles. The van der Waals surface area contributed by atoms with Gasteiger partial charge in [0.05, 0.1) is 10.6 Å². The highest BCUT2D eigenvalue weighted by Gasteiger charge is 2.41. The van der Waals surface area contributed by atoms with Gasteiger partial charge >= 0.3 is 0 Å². The SMILES string of the molecule is NC1CCCC2CN(C(=O)c3c(F)cccc3Cl)CC12. The quantitative estimate of drug-likeness (QED) is 0.866. The van der Waals surface area contributed by atoms with Crippen molar-refractivity contribution in [3.8, 4) is 0 Å². The lowest BCUT2D eigenvalue weighted by Crippen LogP contribution is -2.38. The maximum atomic E-state index is 13.8. The summed E-state index contributed by atoms with van der Waals surface area (Å²) in [4.78, 5) is 14.2. The molecule has 2 N–H and O–H groups in total. The number of rotatable bonds is 1. The van der Waals surface area contributed by atoms with E-state index in [0.717, 1.165) is 19.3 Å². The molecule has 1 amide bonds. The van der Waals surface area contributed by atoms with E-state index in [9.17, 15) is 9.18 Å². The van der Waals surface area contributed by atoms with Crippen LogP contribution in [0.15, 0.2) is 18.2 Å². The van der Waals surface area contributed by atoms with Crippen LogP contribution in [0.2, 0.25) is 5.02 Å². The van der Waals surface area contributed by atoms with E-state index in [0.29, 0.717) is 24.9 Å². The van der Waals surface area contributed by atoms with E-state index in [-0.39, 0.29) is 22.5 Å². The summed E-state index contributed by atoms with van der Waals surface area (Å²) < 4.78 is 13.8. The van der Waals surface area contributed by atoms with Crippen LogP contribution in [-0.2, 0) is 0 Å². The van der Waals surface area contributed by atoms with Gasteiger partial charge in [0.1, 0.15) is 5.82 Å². The number of fused-ring (bicyclic) bond motifs is 1. The smallest absolute Gasteiger partial charge is 0.258 e. The first-order valence-corrected chi connectivity index (χ1v) is 7.44. The zero-order valence-corrected chi connectivity index (χ0v) is 11.9. The van der Waals surface area contributed by atoms with Gasteiger partial charge < -0.3 is 10.6 Å². The minimum atomic E-state index is -0.554. The second-order valence-corrected chi connectivity index (χ2v) is 6.23. The molecule has 108 valence electrons. The number of likely N-dealkylation sites (tertiary alicyclic amines) is 1. The Morgan fingerprint density at radius 3 is 2.85 bits per heavy atom. The normalized spacial score (nSPS) is 29.4. The average molecular weight is 297 g/mol. The first kappa shape index (κ1) is 13.8. The van der Waals surface area contributed by atoms with Crippen molar-refractivity contribution in [1.29, 1.82) is 0 Å². The number of benzene rings is 1. The van der Waals surface area contributed by atoms with Crippen LogP contribution in [0.3, 0.4) is 0 Å². The summed E-state index contributed by atoms with van der Waals surface area (Å²) in [5.74, 6) is -0.0668. The molecule has 1 aromatic rings. The van der Waals surface area contributed by atoms with E-state index in [4.69, 9.17) is 17.3 Å². The molecule has 3 nitrogen and oxygen atoms in total. The van der Waals surface area contributed by atoms with Crippen LogP contribution in [-0.4, -0.2) is 29.9 Å². The van der Waals surface area contributed by atoms with E-state index in [2.05, 4.69) is 0 Å². The molecule has 2 aliphatic rings. The van der Waals surface area contributed by atoms with Gasteiger partial charge in [-0.1, -0.05) is 24.1 Å². The minimum Gasteiger partial charge on any atom is -0.338 e. The Kier molecular flexibility index (Phi) is 3.69. The molecule has 5 heteroatoms. The van der Waals surface area contributed by atoms with Crippen LogP contribution in [0.4, 0.5) is 4.39 Å². The van der Waals surface area contributed by atoms with Crippen molar-refractivity contribution in [3.05, 3.63) is 34.6 Å². The molecule has 3 unspecified atom stereocenters. The number of hydrogen-bond acceptors (Lipinski definition) is 2. The second-order valence-electron chi connectivity index (χ2n) is 5.83. The molecular weight excluding hydrogens is 279 g/mol. The first-order chi connectivity index (χ1) is 9.58. The lowest BCUT2D eigenvalue weighted by molar-refractivity contribution is 0.0779. The van der Waals surface area contributed by atoms with Gasteiger partial charge in [-0.05, 0) is 36.8 Å². The molecule has 0 radical (unpaired) electrons. The van der Waals surface area contributed by atoms with Crippen molar-refractivity contribution in [2.75, 3.05) is 13.1 Å². The van der Waals surface area contributed by atoms with Crippen LogP contribution >= 0.6 is 11.6 Å². The van der Waals surface area contributed by atoms with Crippen molar-refractivity contribution in [1.82, 2.24) is 4.90 Å². The Morgan fingerprint density at radius 2 is 2.15 bits per heavy atom. The maximum Gasteiger partial charge on any atom is 0.258 e. The molecule has 0 spiro atoms. The zero-order valence-electron chi connectivity index (χ0n) is 11.2. The number of amides is 1. The van der Waals surface area contributed by atoms with Gasteiger partial charge in [-0.3, -0.25) is 4.79 Å². The van der Waals surface area contributed by atoms with E-state index < -0.39 is 5.82 Å². The third-order valence-corrected chi connectivity index (χ3v) is 4.93. The molecule has 1 aliphatic heterocycles. The second kappa shape index (κ2) is 5.34. The summed E-state index contributed by atoms with van der Waals surface area (Å²) in [7, 11) is 0. The van der Waals surface area contributed by atoms with Crippen LogP contribution in [0, 0.1) is 17.7 Å². The standard InChI is InChI=1S/C15H18ClFN2O/c16-11-4-2-5-12(17)14(11)15(20)19-7-9-3-1-6-13(18)10(9)8-19/h2,4-5,9-10,13H,1,3,6-8,18H2. The third-order valence-electron chi connectivity index (χ3n) is 4.62. The lowest BCUT2D eigenvalue weighted by Gasteiger charge is -2.29. The predicted octanol–water partition coefficient (Wildman–Crippen LogP) is 2.68. The molecule has 3 atom stereocenters. The Bertz CT molecular complexity index is 516. The van der Waals surface area contributed by atoms with Crippen molar-refractivity contribution >= 4 is 17.5 Å². The summed E-state index contributed by atoms with van der Waals surface area (Å²) in [6.45, 7) is 1.29. The van der Waals surface area contributed by atoms with Crippen LogP contribution < -0.4 is 5.73 Å². The van der Waals surface area contributed by atoms with Gasteiger partial charge in [0, 0.05) is 19.1 Å². The molecule has 1 aliphatic carbocycles. The molecule has 0 aromatic heterocycles. The monoisotopic (exact) mass is 296 g/mol. The van der Waals surface area contributed by atoms with Crippen molar-refractivity contribution in [2.24, 2.45) is 17.6 Å². The number of nitrogens with zero attached hydrogens (tertiary/aromatic N) is 1. The fourth-order valence-corrected chi connectivity index (χ4v) is 3.79. The van der Waals surface area contributed by atoms with Gasteiger partial charge in [-0.15, -0.1) is 0 Å². The molecule has 2 fully saturated rings. The van der Waals surface area contributed by atoms with E-state index in [1.807, 2.05) is 0 Å². The largest absolute Gasteiger partial charge is 0.338 e. The van der Waals surface area contributed by atoms with Gasteiger partial charge in [0.2, 0.25) is 0 Å². The fourth-order valence-electron chi connectivity index (χ4n) is 3.54. The van der Waals surface area contributed by atoms with E-state index >= 15 is 0 Å². The predicted molar refractivity (Wildman–Crippen MR) is 76.1 cm³/mol. The number of hydrogen-bond donors (Lipinski definition) is 1. The van der Waals surface area contributed by atoms with Crippen LogP contribution in [0.1, 0.15) is 29.6 Å². The topological polar surface area (TPSA) is 46.3 Å². The summed E-state index contributed by atoms with van der Waals surface area (Å²) in [6.07, 6.45) is 3.24. The van der Waals surface area contributed by atoms with Crippen LogP contribution in [0.25, 0.3) is 0 Å². The zero-order chi connectivity index (χ0) is 14.3. The summed E-state index contributed by atoms with van der Waals surface area (Å²) >= 11 is 5.97. The molecule has 1 heterocycles. The highest BCUT2D eigenvalue weighted by atomic mass is 35.5. The molecule has 0 bridgehead atoms. The Morgan fingerprint density at radius 1 is 1.35 bits per heavy atom. The number of nitrogens with two attached hydrogens (primary N) is 1. The first-order valence-electron chi connectivity index (χ1n) is 7.07. The number of halogens is 2. The van der Waals surface area contributed by atoms with E-state index in [1.54, 1.807) is 11.0 Å². The van der Waals surface area contributed by atoms with Gasteiger partial charge in [0.15, 0.2) is 0 Å². The molecule has 1 saturated heterocycles. The van der Waals surface area contributed by atoms with Gasteiger partial charge in [0.25, 0.3) is 5.91 Å². The lowest BCUT2D eigenvalue weighted by atomic mass is 9.78. The van der Waals surface area contributed by atoms with Gasteiger partial charge in [-0.2, -0.15) is 0 Å². The summed E-state index contributed by atoms with van der Waals surface area (Å²) in [5.41, 5.74) is 6.13. The molecular formula is C15H18ClFN2O. The third kappa shape index (κ3) is 2.31. The minimum absolute atomic E-state index is 0.0126. The molecule has 20 heavy (non-hydrogen) atoms. The van der Waals surface area contributed by atoms with Crippen LogP contribution in [0.5, 0.6) is 0 Å². The Labute approximate surface area is 122 Å². The molecule has 3 rings (SSSR count).